The number of hydrogen-bond acceptors (Lipinski definition) is 10. The molecule has 256 valence electrons. The molecule has 3 fully saturated rings. The minimum absolute atomic E-state index is 0.0143. The van der Waals surface area contributed by atoms with Crippen LogP contribution in [0, 0.1) is 5.92 Å². The molecule has 1 aromatic rings. The van der Waals surface area contributed by atoms with Gasteiger partial charge in [-0.3, -0.25) is 19.2 Å². The van der Waals surface area contributed by atoms with E-state index in [1.165, 1.54) is 15.8 Å². The van der Waals surface area contributed by atoms with Crippen molar-refractivity contribution in [1.29, 1.82) is 0 Å². The third-order valence-electron chi connectivity index (χ3n) is 9.06. The molecule has 0 bridgehead atoms. The highest BCUT2D eigenvalue weighted by Crippen LogP contribution is 2.34. The highest BCUT2D eigenvalue weighted by Gasteiger charge is 2.49. The molecule has 3 heterocycles. The number of alkyl carbamates (subject to hydrolysis) is 1. The lowest BCUT2D eigenvalue weighted by molar-refractivity contribution is -0.147. The number of nitrogens with two attached hydrogens (primary N) is 1. The molecule has 4 amide bonds. The topological polar surface area (TPSA) is 208 Å². The van der Waals surface area contributed by atoms with Crippen molar-refractivity contribution in [3.8, 4) is 0 Å². The minimum atomic E-state index is -1.57. The fourth-order valence-corrected chi connectivity index (χ4v) is 6.75. The van der Waals surface area contributed by atoms with Gasteiger partial charge < -0.3 is 35.8 Å². The molecule has 15 heteroatoms. The number of rotatable bonds is 10. The molecule has 1 aromatic heterocycles. The molecule has 1 saturated carbocycles. The molecule has 3 aliphatic rings. The smallest absolute Gasteiger partial charge is 0.408 e. The third kappa shape index (κ3) is 8.41. The van der Waals surface area contributed by atoms with Gasteiger partial charge in [0.05, 0.1) is 17.9 Å². The summed E-state index contributed by atoms with van der Waals surface area (Å²) in [6.45, 7) is 8.63. The Balaban J connectivity index is 1.68. The summed E-state index contributed by atoms with van der Waals surface area (Å²) in [6.07, 6.45) is 6.22. The van der Waals surface area contributed by atoms with Gasteiger partial charge in [-0.1, -0.05) is 37.3 Å². The molecule has 3 atom stereocenters. The van der Waals surface area contributed by atoms with E-state index in [9.17, 15) is 29.1 Å². The van der Waals surface area contributed by atoms with Crippen molar-refractivity contribution in [2.75, 3.05) is 19.8 Å². The van der Waals surface area contributed by atoms with E-state index in [0.717, 1.165) is 32.1 Å². The largest absolute Gasteiger partial charge is 0.444 e. The van der Waals surface area contributed by atoms with Gasteiger partial charge in [-0.05, 0) is 47.0 Å². The normalized spacial score (nSPS) is 23.0. The molecule has 2 aliphatic heterocycles. The van der Waals surface area contributed by atoms with Gasteiger partial charge in [0.1, 0.15) is 28.8 Å². The number of likely N-dealkylation sites (tertiary alicyclic amines) is 1. The number of nitrogens with one attached hydrogen (secondary N) is 2. The van der Waals surface area contributed by atoms with Gasteiger partial charge in [0.2, 0.25) is 17.6 Å². The number of nitrogens with zero attached hydrogens (tertiary/aromatic N) is 4. The number of ketones is 1. The van der Waals surface area contributed by atoms with E-state index in [1.807, 2.05) is 0 Å². The van der Waals surface area contributed by atoms with Crippen LogP contribution >= 0.6 is 0 Å². The Morgan fingerprint density at radius 1 is 1.11 bits per heavy atom. The highest BCUT2D eigenvalue weighted by atomic mass is 16.6. The van der Waals surface area contributed by atoms with Crippen LogP contribution in [0.2, 0.25) is 0 Å². The predicted molar refractivity (Wildman–Crippen MR) is 164 cm³/mol. The van der Waals surface area contributed by atoms with Crippen LogP contribution < -0.4 is 16.4 Å². The van der Waals surface area contributed by atoms with Crippen molar-refractivity contribution in [3.63, 3.8) is 0 Å². The average molecular weight is 648 g/mol. The van der Waals surface area contributed by atoms with E-state index >= 15 is 0 Å². The zero-order valence-electron chi connectivity index (χ0n) is 27.5. The fraction of sp³-hybridized carbons (Fsp3) is 0.774. The van der Waals surface area contributed by atoms with E-state index in [1.54, 1.807) is 34.6 Å². The molecule has 0 spiro atoms. The zero-order valence-corrected chi connectivity index (χ0v) is 27.5. The Bertz CT molecular complexity index is 1290. The Labute approximate surface area is 269 Å². The monoisotopic (exact) mass is 647 g/mol. The number of amides is 4. The molecular weight excluding hydrogens is 598 g/mol. The Hall–Kier alpha value is -3.59. The van der Waals surface area contributed by atoms with E-state index in [2.05, 4.69) is 20.9 Å². The molecule has 0 aromatic carbocycles. The van der Waals surface area contributed by atoms with E-state index in [4.69, 9.17) is 15.2 Å². The van der Waals surface area contributed by atoms with Crippen LogP contribution in [0.1, 0.15) is 104 Å². The predicted octanol–water partition coefficient (Wildman–Crippen LogP) is 1.23. The van der Waals surface area contributed by atoms with Crippen LogP contribution in [0.4, 0.5) is 4.79 Å². The number of Topliss-reactive ketones (excluding diaryl/α,β-unsaturated/α-hetero) is 1. The van der Waals surface area contributed by atoms with Crippen LogP contribution in [-0.4, -0.2) is 97.6 Å². The van der Waals surface area contributed by atoms with Gasteiger partial charge >= 0.3 is 6.09 Å². The molecular formula is C31H49N7O8. The lowest BCUT2D eigenvalue weighted by atomic mass is 9.84. The molecule has 46 heavy (non-hydrogen) atoms. The van der Waals surface area contributed by atoms with Crippen LogP contribution in [0.25, 0.3) is 0 Å². The Kier molecular flexibility index (Phi) is 10.8. The molecule has 2 saturated heterocycles. The quantitative estimate of drug-likeness (QED) is 0.267. The molecule has 1 aliphatic carbocycles. The van der Waals surface area contributed by atoms with Gasteiger partial charge in [0.15, 0.2) is 0 Å². The Morgan fingerprint density at radius 2 is 1.76 bits per heavy atom. The first-order valence-electron chi connectivity index (χ1n) is 16.2. The van der Waals surface area contributed by atoms with E-state index in [-0.39, 0.29) is 44.9 Å². The first-order valence-corrected chi connectivity index (χ1v) is 16.2. The van der Waals surface area contributed by atoms with Crippen LogP contribution in [0.3, 0.4) is 0 Å². The first-order chi connectivity index (χ1) is 21.5. The van der Waals surface area contributed by atoms with Crippen LogP contribution in [-0.2, 0) is 34.3 Å². The van der Waals surface area contributed by atoms with Gasteiger partial charge in [-0.15, -0.1) is 5.10 Å². The molecule has 1 unspecified atom stereocenters. The van der Waals surface area contributed by atoms with Crippen molar-refractivity contribution in [2.45, 2.75) is 127 Å². The summed E-state index contributed by atoms with van der Waals surface area (Å²) in [5, 5.41) is 24.5. The SMILES string of the molecule is CC(C)(C)OC(=O)NC(CC1CCCCC1)C(=O)N1C[C@@H](n2nncc2C(C)(C)O)C[C@H]1C(=O)NC1(C(=O)C(N)=O)CCOCC1. The second-order valence-corrected chi connectivity index (χ2v) is 14.3. The first kappa shape index (κ1) is 35.3. The van der Waals surface area contributed by atoms with Crippen molar-refractivity contribution >= 4 is 29.6 Å². The molecule has 15 nitrogen and oxygen atoms in total. The summed E-state index contributed by atoms with van der Waals surface area (Å²) in [5.41, 5.74) is 2.08. The average Bonchev–Trinajstić information content (AvgIpc) is 3.64. The summed E-state index contributed by atoms with van der Waals surface area (Å²) in [7, 11) is 0. The lowest BCUT2D eigenvalue weighted by Crippen LogP contribution is -2.64. The van der Waals surface area contributed by atoms with Gasteiger partial charge in [-0.25, -0.2) is 9.48 Å². The number of primary amides is 1. The highest BCUT2D eigenvalue weighted by molar-refractivity contribution is 6.39. The summed E-state index contributed by atoms with van der Waals surface area (Å²) in [5.74, 6) is -3.04. The van der Waals surface area contributed by atoms with E-state index in [0.29, 0.717) is 12.1 Å². The summed E-state index contributed by atoms with van der Waals surface area (Å²) >= 11 is 0. The fourth-order valence-electron chi connectivity index (χ4n) is 6.75. The standard InChI is InChI=1S/C31H49N7O8/c1-29(2,3)46-28(43)34-21(15-19-9-7-6-8-10-19)27(42)37-18-20(38-23(17-33-36-38)30(4,5)44)16-22(37)26(41)35-31(24(39)25(32)40)11-13-45-14-12-31/h17,19-22,44H,6-16,18H2,1-5H3,(H2,32,40)(H,34,43)(H,35,41)/t20-,21?,22-/m0/s1. The third-order valence-corrected chi connectivity index (χ3v) is 9.06. The second kappa shape index (κ2) is 14.0. The minimum Gasteiger partial charge on any atom is -0.444 e. The zero-order chi connectivity index (χ0) is 33.9. The van der Waals surface area contributed by atoms with Gasteiger partial charge in [-0.2, -0.15) is 0 Å². The number of ether oxygens (including phenoxy) is 2. The maximum atomic E-state index is 14.5. The van der Waals surface area contributed by atoms with Gasteiger partial charge in [0.25, 0.3) is 5.91 Å². The molecule has 4 rings (SSSR count). The van der Waals surface area contributed by atoms with E-state index < -0.39 is 64.5 Å². The number of aliphatic hydroxyl groups is 1. The summed E-state index contributed by atoms with van der Waals surface area (Å²) < 4.78 is 12.4. The van der Waals surface area contributed by atoms with Crippen LogP contribution in [0.15, 0.2) is 6.20 Å². The van der Waals surface area contributed by atoms with Crippen molar-refractivity contribution in [1.82, 2.24) is 30.5 Å². The lowest BCUT2D eigenvalue weighted by Gasteiger charge is -2.37. The summed E-state index contributed by atoms with van der Waals surface area (Å²) in [4.78, 5) is 68.0. The summed E-state index contributed by atoms with van der Waals surface area (Å²) in [6, 6.07) is -2.66. The van der Waals surface area contributed by atoms with Crippen molar-refractivity contribution < 1.29 is 38.6 Å². The Morgan fingerprint density at radius 3 is 2.35 bits per heavy atom. The number of carbonyl (C=O) groups is 5. The van der Waals surface area contributed by atoms with Gasteiger partial charge in [0, 0.05) is 39.0 Å². The second-order valence-electron chi connectivity index (χ2n) is 14.3. The van der Waals surface area contributed by atoms with Crippen molar-refractivity contribution in [2.24, 2.45) is 11.7 Å². The van der Waals surface area contributed by atoms with Crippen molar-refractivity contribution in [3.05, 3.63) is 11.9 Å². The molecule has 5 N–H and O–H groups in total. The number of carbonyl (C=O) groups excluding carboxylic acids is 5. The maximum absolute atomic E-state index is 14.5. The molecule has 0 radical (unpaired) electrons. The van der Waals surface area contributed by atoms with Crippen LogP contribution in [0.5, 0.6) is 0 Å². The number of hydrogen-bond donors (Lipinski definition) is 4. The maximum Gasteiger partial charge on any atom is 0.408 e. The number of aromatic nitrogens is 3.